The number of amides is 2. The van der Waals surface area contributed by atoms with Gasteiger partial charge in [-0.2, -0.15) is 0 Å². The van der Waals surface area contributed by atoms with Crippen LogP contribution in [0.2, 0.25) is 0 Å². The Bertz CT molecular complexity index is 1020. The lowest BCUT2D eigenvalue weighted by molar-refractivity contribution is -0.119. The third-order valence-corrected chi connectivity index (χ3v) is 5.05. The third-order valence-electron chi connectivity index (χ3n) is 5.05. The van der Waals surface area contributed by atoms with E-state index in [4.69, 9.17) is 9.15 Å². The number of hydrogen-bond acceptors (Lipinski definition) is 5. The van der Waals surface area contributed by atoms with E-state index in [1.807, 2.05) is 42.0 Å². The summed E-state index contributed by atoms with van der Waals surface area (Å²) in [5.41, 5.74) is 1.64. The number of carbonyl (C=O) groups excluding carboxylic acids is 2. The Hall–Kier alpha value is -3.55. The molecule has 2 aromatic heterocycles. The first kappa shape index (κ1) is 18.8. The van der Waals surface area contributed by atoms with Crippen LogP contribution in [0.3, 0.4) is 0 Å². The standard InChI is InChI=1S/C21H22N4O4/c1-14-22-11-13-24(14)16-7-5-15(6-8-16)23-20(26)17-4-3-12-25(17)21(27)18-9-10-19(28-2)29-18/h5-11,13,17H,3-4,12H2,1-2H3,(H,23,26)/t17-/m1/s1. The number of nitrogens with zero attached hydrogens (tertiary/aromatic N) is 3. The molecule has 1 aliphatic rings. The van der Waals surface area contributed by atoms with Gasteiger partial charge in [-0.25, -0.2) is 4.98 Å². The van der Waals surface area contributed by atoms with Crippen molar-refractivity contribution in [1.82, 2.24) is 14.5 Å². The minimum absolute atomic E-state index is 0.168. The molecule has 0 unspecified atom stereocenters. The zero-order valence-electron chi connectivity index (χ0n) is 16.3. The van der Waals surface area contributed by atoms with Gasteiger partial charge < -0.3 is 23.9 Å². The van der Waals surface area contributed by atoms with Crippen molar-refractivity contribution >= 4 is 17.5 Å². The second-order valence-electron chi connectivity index (χ2n) is 6.86. The fraction of sp³-hybridized carbons (Fsp3) is 0.286. The van der Waals surface area contributed by atoms with Crippen molar-refractivity contribution in [3.63, 3.8) is 0 Å². The van der Waals surface area contributed by atoms with Crippen molar-refractivity contribution in [2.24, 2.45) is 0 Å². The van der Waals surface area contributed by atoms with Crippen molar-refractivity contribution in [3.8, 4) is 11.6 Å². The van der Waals surface area contributed by atoms with Crippen LogP contribution < -0.4 is 10.1 Å². The first-order valence-corrected chi connectivity index (χ1v) is 9.43. The number of carbonyl (C=O) groups is 2. The largest absolute Gasteiger partial charge is 0.468 e. The number of hydrogen-bond donors (Lipinski definition) is 1. The van der Waals surface area contributed by atoms with Crippen LogP contribution >= 0.6 is 0 Å². The third kappa shape index (κ3) is 3.73. The summed E-state index contributed by atoms with van der Waals surface area (Å²) in [5, 5.41) is 2.91. The number of aryl methyl sites for hydroxylation is 1. The smallest absolute Gasteiger partial charge is 0.290 e. The van der Waals surface area contributed by atoms with Crippen molar-refractivity contribution in [2.75, 3.05) is 19.0 Å². The van der Waals surface area contributed by atoms with Crippen LogP contribution in [0.15, 0.2) is 53.2 Å². The maximum absolute atomic E-state index is 12.8. The molecule has 0 bridgehead atoms. The van der Waals surface area contributed by atoms with Gasteiger partial charge in [0, 0.05) is 36.4 Å². The van der Waals surface area contributed by atoms with Crippen molar-refractivity contribution < 1.29 is 18.7 Å². The molecule has 2 amide bonds. The molecule has 0 aliphatic carbocycles. The molecule has 1 atom stereocenters. The summed E-state index contributed by atoms with van der Waals surface area (Å²) in [4.78, 5) is 31.3. The highest BCUT2D eigenvalue weighted by Crippen LogP contribution is 2.24. The van der Waals surface area contributed by atoms with E-state index >= 15 is 0 Å². The minimum atomic E-state index is -0.533. The molecule has 150 valence electrons. The van der Waals surface area contributed by atoms with Gasteiger partial charge in [0.15, 0.2) is 5.76 Å². The summed E-state index contributed by atoms with van der Waals surface area (Å²) in [7, 11) is 1.47. The van der Waals surface area contributed by atoms with Gasteiger partial charge in [0.25, 0.3) is 11.9 Å². The zero-order chi connectivity index (χ0) is 20.4. The van der Waals surface area contributed by atoms with E-state index in [9.17, 15) is 9.59 Å². The number of methoxy groups -OCH3 is 1. The number of likely N-dealkylation sites (tertiary alicyclic amines) is 1. The number of rotatable bonds is 5. The number of ether oxygens (including phenoxy) is 1. The normalized spacial score (nSPS) is 16.1. The van der Waals surface area contributed by atoms with Gasteiger partial charge in [-0.05, 0) is 50.1 Å². The lowest BCUT2D eigenvalue weighted by Gasteiger charge is -2.23. The quantitative estimate of drug-likeness (QED) is 0.718. The number of anilines is 1. The molecule has 0 saturated carbocycles. The van der Waals surface area contributed by atoms with Crippen molar-refractivity contribution in [3.05, 3.63) is 60.4 Å². The summed E-state index contributed by atoms with van der Waals surface area (Å²) >= 11 is 0. The summed E-state index contributed by atoms with van der Waals surface area (Å²) in [6.07, 6.45) is 5.00. The van der Waals surface area contributed by atoms with Gasteiger partial charge in [-0.3, -0.25) is 9.59 Å². The molecule has 3 aromatic rings. The SMILES string of the molecule is COc1ccc(C(=O)N2CCC[C@@H]2C(=O)Nc2ccc(-n3ccnc3C)cc2)o1. The highest BCUT2D eigenvalue weighted by atomic mass is 16.6. The van der Waals surface area contributed by atoms with Crippen LogP contribution in [-0.2, 0) is 4.79 Å². The van der Waals surface area contributed by atoms with Gasteiger partial charge in [-0.15, -0.1) is 0 Å². The number of nitrogens with one attached hydrogen (secondary N) is 1. The van der Waals surface area contributed by atoms with Crippen LogP contribution in [0.25, 0.3) is 5.69 Å². The predicted octanol–water partition coefficient (Wildman–Crippen LogP) is 3.03. The molecule has 4 rings (SSSR count). The highest BCUT2D eigenvalue weighted by molar-refractivity contribution is 6.00. The highest BCUT2D eigenvalue weighted by Gasteiger charge is 2.35. The molecule has 1 aromatic carbocycles. The summed E-state index contributed by atoms with van der Waals surface area (Å²) in [6, 6.07) is 10.1. The molecule has 8 nitrogen and oxygen atoms in total. The lowest BCUT2D eigenvalue weighted by atomic mass is 10.2. The van der Waals surface area contributed by atoms with E-state index in [-0.39, 0.29) is 23.5 Å². The van der Waals surface area contributed by atoms with Gasteiger partial charge in [-0.1, -0.05) is 0 Å². The topological polar surface area (TPSA) is 89.6 Å². The van der Waals surface area contributed by atoms with E-state index < -0.39 is 6.04 Å². The number of imidazole rings is 1. The fourth-order valence-corrected chi connectivity index (χ4v) is 3.55. The first-order chi connectivity index (χ1) is 14.1. The molecule has 0 radical (unpaired) electrons. The predicted molar refractivity (Wildman–Crippen MR) is 106 cm³/mol. The maximum atomic E-state index is 12.8. The molecule has 1 saturated heterocycles. The van der Waals surface area contributed by atoms with E-state index in [1.165, 1.54) is 7.11 Å². The number of furan rings is 1. The van der Waals surface area contributed by atoms with Crippen LogP contribution in [0, 0.1) is 6.92 Å². The molecule has 29 heavy (non-hydrogen) atoms. The van der Waals surface area contributed by atoms with Gasteiger partial charge in [0.1, 0.15) is 11.9 Å². The molecular weight excluding hydrogens is 372 g/mol. The Morgan fingerprint density at radius 2 is 2.00 bits per heavy atom. The monoisotopic (exact) mass is 394 g/mol. The second-order valence-corrected chi connectivity index (χ2v) is 6.86. The number of aromatic nitrogens is 2. The fourth-order valence-electron chi connectivity index (χ4n) is 3.55. The molecule has 8 heteroatoms. The first-order valence-electron chi connectivity index (χ1n) is 9.43. The van der Waals surface area contributed by atoms with Crippen LogP contribution in [0.4, 0.5) is 5.69 Å². The lowest BCUT2D eigenvalue weighted by Crippen LogP contribution is -2.43. The van der Waals surface area contributed by atoms with E-state index in [0.717, 1.165) is 17.9 Å². The Kier molecular flexibility index (Phi) is 5.07. The average molecular weight is 394 g/mol. The van der Waals surface area contributed by atoms with Crippen molar-refractivity contribution in [2.45, 2.75) is 25.8 Å². The number of benzene rings is 1. The van der Waals surface area contributed by atoms with Gasteiger partial charge in [0.2, 0.25) is 5.91 Å². The molecule has 1 aliphatic heterocycles. The average Bonchev–Trinajstić information content (AvgIpc) is 3.48. The minimum Gasteiger partial charge on any atom is -0.468 e. The molecule has 1 N–H and O–H groups in total. The zero-order valence-corrected chi connectivity index (χ0v) is 16.3. The van der Waals surface area contributed by atoms with Crippen LogP contribution in [0.5, 0.6) is 5.95 Å². The molecular formula is C21H22N4O4. The van der Waals surface area contributed by atoms with E-state index in [2.05, 4.69) is 10.3 Å². The van der Waals surface area contributed by atoms with Crippen LogP contribution in [-0.4, -0.2) is 46.0 Å². The summed E-state index contributed by atoms with van der Waals surface area (Å²) in [5.74, 6) is 0.803. The Labute approximate surface area is 168 Å². The Morgan fingerprint density at radius 3 is 2.66 bits per heavy atom. The molecule has 1 fully saturated rings. The van der Waals surface area contributed by atoms with E-state index in [1.54, 1.807) is 23.2 Å². The van der Waals surface area contributed by atoms with Gasteiger partial charge >= 0.3 is 0 Å². The maximum Gasteiger partial charge on any atom is 0.290 e. The second kappa shape index (κ2) is 7.83. The summed E-state index contributed by atoms with van der Waals surface area (Å²) in [6.45, 7) is 2.44. The van der Waals surface area contributed by atoms with Crippen LogP contribution in [0.1, 0.15) is 29.2 Å². The molecule has 3 heterocycles. The van der Waals surface area contributed by atoms with Crippen molar-refractivity contribution in [1.29, 1.82) is 0 Å². The Morgan fingerprint density at radius 1 is 1.21 bits per heavy atom. The van der Waals surface area contributed by atoms with E-state index in [0.29, 0.717) is 18.7 Å². The Balaban J connectivity index is 1.44. The molecule has 0 spiro atoms. The van der Waals surface area contributed by atoms with Gasteiger partial charge in [0.05, 0.1) is 7.11 Å². The summed E-state index contributed by atoms with van der Waals surface area (Å²) < 4.78 is 12.3.